The second-order valence-corrected chi connectivity index (χ2v) is 4.94. The van der Waals surface area contributed by atoms with Gasteiger partial charge in [-0.15, -0.1) is 0 Å². The van der Waals surface area contributed by atoms with Gasteiger partial charge in [0, 0.05) is 23.4 Å². The van der Waals surface area contributed by atoms with E-state index in [1.165, 1.54) is 0 Å². The SMILES string of the molecule is CCCN1c2ccccc2C(O)=C(CC(=O)OCC)C1O. The minimum Gasteiger partial charge on any atom is -0.507 e. The predicted octanol–water partition coefficient (Wildman–Crippen LogP) is 2.46. The van der Waals surface area contributed by atoms with Gasteiger partial charge >= 0.3 is 5.97 Å². The summed E-state index contributed by atoms with van der Waals surface area (Å²) < 4.78 is 4.91. The number of hydrogen-bond donors (Lipinski definition) is 2. The smallest absolute Gasteiger partial charge is 0.310 e. The summed E-state index contributed by atoms with van der Waals surface area (Å²) in [5.41, 5.74) is 1.70. The third-order valence-corrected chi connectivity index (χ3v) is 3.48. The molecule has 0 amide bonds. The number of esters is 1. The Morgan fingerprint density at radius 2 is 2.05 bits per heavy atom. The van der Waals surface area contributed by atoms with E-state index in [2.05, 4.69) is 0 Å². The predicted molar refractivity (Wildman–Crippen MR) is 80.9 cm³/mol. The second-order valence-electron chi connectivity index (χ2n) is 4.94. The average molecular weight is 291 g/mol. The lowest BCUT2D eigenvalue weighted by Crippen LogP contribution is -2.41. The Morgan fingerprint density at radius 1 is 1.33 bits per heavy atom. The first kappa shape index (κ1) is 15.4. The van der Waals surface area contributed by atoms with Crippen LogP contribution in [0, 0.1) is 0 Å². The number of anilines is 1. The Labute approximate surface area is 124 Å². The molecule has 2 N–H and O–H groups in total. The van der Waals surface area contributed by atoms with E-state index in [0.717, 1.165) is 12.1 Å². The zero-order valence-electron chi connectivity index (χ0n) is 12.4. The summed E-state index contributed by atoms with van der Waals surface area (Å²) in [6, 6.07) is 7.31. The van der Waals surface area contributed by atoms with Crippen molar-refractivity contribution in [3.8, 4) is 0 Å². The Balaban J connectivity index is 2.41. The van der Waals surface area contributed by atoms with Crippen molar-refractivity contribution in [1.29, 1.82) is 0 Å². The van der Waals surface area contributed by atoms with Crippen molar-refractivity contribution in [2.45, 2.75) is 32.9 Å². The summed E-state index contributed by atoms with van der Waals surface area (Å²) in [4.78, 5) is 13.5. The molecule has 0 spiro atoms. The van der Waals surface area contributed by atoms with Crippen LogP contribution in [0.4, 0.5) is 5.69 Å². The average Bonchev–Trinajstić information content (AvgIpc) is 2.48. The number of fused-ring (bicyclic) bond motifs is 1. The van der Waals surface area contributed by atoms with Gasteiger partial charge in [0.1, 0.15) is 5.76 Å². The number of carbonyl (C=O) groups excluding carboxylic acids is 1. The van der Waals surface area contributed by atoms with Crippen molar-refractivity contribution in [3.05, 3.63) is 35.4 Å². The van der Waals surface area contributed by atoms with E-state index < -0.39 is 12.2 Å². The van der Waals surface area contributed by atoms with Crippen molar-refractivity contribution < 1.29 is 19.7 Å². The van der Waals surface area contributed by atoms with Gasteiger partial charge in [0.25, 0.3) is 0 Å². The van der Waals surface area contributed by atoms with Crippen molar-refractivity contribution in [3.63, 3.8) is 0 Å². The minimum absolute atomic E-state index is 0.0292. The normalized spacial score (nSPS) is 17.7. The first-order chi connectivity index (χ1) is 10.1. The van der Waals surface area contributed by atoms with E-state index in [9.17, 15) is 15.0 Å². The Bertz CT molecular complexity index is 553. The van der Waals surface area contributed by atoms with Gasteiger partial charge in [-0.05, 0) is 25.5 Å². The zero-order valence-corrected chi connectivity index (χ0v) is 12.4. The molecule has 1 aromatic rings. The Kier molecular flexibility index (Phi) is 4.85. The quantitative estimate of drug-likeness (QED) is 0.816. The molecule has 1 heterocycles. The van der Waals surface area contributed by atoms with Crippen LogP contribution in [0.15, 0.2) is 29.8 Å². The fraction of sp³-hybridized carbons (Fsp3) is 0.438. The largest absolute Gasteiger partial charge is 0.507 e. The number of carbonyl (C=O) groups is 1. The summed E-state index contributed by atoms with van der Waals surface area (Å²) in [7, 11) is 0. The lowest BCUT2D eigenvalue weighted by atomic mass is 9.96. The molecule has 1 unspecified atom stereocenters. The Morgan fingerprint density at radius 3 is 2.71 bits per heavy atom. The molecule has 1 aliphatic heterocycles. The van der Waals surface area contributed by atoms with Gasteiger partial charge in [-0.2, -0.15) is 0 Å². The zero-order chi connectivity index (χ0) is 15.4. The molecule has 5 nitrogen and oxygen atoms in total. The Hall–Kier alpha value is -2.01. The van der Waals surface area contributed by atoms with Crippen LogP contribution >= 0.6 is 0 Å². The number of rotatable bonds is 5. The molecule has 21 heavy (non-hydrogen) atoms. The minimum atomic E-state index is -1.01. The molecule has 5 heteroatoms. The number of aliphatic hydroxyl groups is 2. The van der Waals surface area contributed by atoms with Crippen molar-refractivity contribution in [2.24, 2.45) is 0 Å². The molecule has 0 radical (unpaired) electrons. The first-order valence-electron chi connectivity index (χ1n) is 7.21. The van der Waals surface area contributed by atoms with E-state index in [-0.39, 0.29) is 18.8 Å². The van der Waals surface area contributed by atoms with Gasteiger partial charge in [-0.1, -0.05) is 19.1 Å². The molecular weight excluding hydrogens is 270 g/mol. The first-order valence-corrected chi connectivity index (χ1v) is 7.21. The molecule has 0 saturated carbocycles. The van der Waals surface area contributed by atoms with Crippen molar-refractivity contribution in [1.82, 2.24) is 0 Å². The van der Waals surface area contributed by atoms with E-state index in [1.807, 2.05) is 25.1 Å². The highest BCUT2D eigenvalue weighted by molar-refractivity contribution is 5.83. The molecule has 0 fully saturated rings. The maximum atomic E-state index is 11.7. The monoisotopic (exact) mass is 291 g/mol. The molecule has 0 aromatic heterocycles. The summed E-state index contributed by atoms with van der Waals surface area (Å²) in [5.74, 6) is -0.479. The molecule has 1 aromatic carbocycles. The lowest BCUT2D eigenvalue weighted by molar-refractivity contribution is -0.142. The molecule has 0 aliphatic carbocycles. The highest BCUT2D eigenvalue weighted by atomic mass is 16.5. The van der Waals surface area contributed by atoms with Crippen LogP contribution in [0.5, 0.6) is 0 Å². The fourth-order valence-electron chi connectivity index (χ4n) is 2.57. The van der Waals surface area contributed by atoms with E-state index in [1.54, 1.807) is 17.9 Å². The van der Waals surface area contributed by atoms with Crippen LogP contribution in [0.25, 0.3) is 5.76 Å². The van der Waals surface area contributed by atoms with Crippen LogP contribution < -0.4 is 4.90 Å². The van der Waals surface area contributed by atoms with Gasteiger partial charge in [0.05, 0.1) is 13.0 Å². The van der Waals surface area contributed by atoms with Crippen molar-refractivity contribution in [2.75, 3.05) is 18.1 Å². The summed E-state index contributed by atoms with van der Waals surface area (Å²) in [5, 5.41) is 20.9. The van der Waals surface area contributed by atoms with E-state index in [0.29, 0.717) is 17.7 Å². The van der Waals surface area contributed by atoms with Crippen LogP contribution in [0.3, 0.4) is 0 Å². The van der Waals surface area contributed by atoms with Crippen LogP contribution in [-0.2, 0) is 9.53 Å². The maximum absolute atomic E-state index is 11.7. The fourth-order valence-corrected chi connectivity index (χ4v) is 2.57. The second kappa shape index (κ2) is 6.63. The molecule has 2 rings (SSSR count). The van der Waals surface area contributed by atoms with E-state index >= 15 is 0 Å². The van der Waals surface area contributed by atoms with Gasteiger partial charge in [0.15, 0.2) is 6.23 Å². The number of aliphatic hydroxyl groups excluding tert-OH is 2. The molecule has 1 aliphatic rings. The molecule has 1 atom stereocenters. The number of hydrogen-bond acceptors (Lipinski definition) is 5. The number of para-hydroxylation sites is 1. The van der Waals surface area contributed by atoms with Gasteiger partial charge in [-0.3, -0.25) is 4.79 Å². The highest BCUT2D eigenvalue weighted by Crippen LogP contribution is 2.37. The van der Waals surface area contributed by atoms with Gasteiger partial charge in [-0.25, -0.2) is 0 Å². The lowest BCUT2D eigenvalue weighted by Gasteiger charge is -2.36. The third-order valence-electron chi connectivity index (χ3n) is 3.48. The summed E-state index contributed by atoms with van der Waals surface area (Å²) in [6.07, 6.45) is -0.280. The summed E-state index contributed by atoms with van der Waals surface area (Å²) in [6.45, 7) is 4.65. The topological polar surface area (TPSA) is 70.0 Å². The van der Waals surface area contributed by atoms with Gasteiger partial charge in [0.2, 0.25) is 0 Å². The number of nitrogens with zero attached hydrogens (tertiary/aromatic N) is 1. The maximum Gasteiger partial charge on any atom is 0.310 e. The number of benzene rings is 1. The van der Waals surface area contributed by atoms with Gasteiger partial charge < -0.3 is 19.8 Å². The van der Waals surface area contributed by atoms with Crippen LogP contribution in [0.2, 0.25) is 0 Å². The third kappa shape index (κ3) is 3.03. The molecule has 0 saturated heterocycles. The highest BCUT2D eigenvalue weighted by Gasteiger charge is 2.32. The number of ether oxygens (including phenoxy) is 1. The van der Waals surface area contributed by atoms with E-state index in [4.69, 9.17) is 4.74 Å². The summed E-state index contributed by atoms with van der Waals surface area (Å²) >= 11 is 0. The van der Waals surface area contributed by atoms with Crippen LogP contribution in [-0.4, -0.2) is 35.6 Å². The molecular formula is C16H21NO4. The molecule has 114 valence electrons. The van der Waals surface area contributed by atoms with Crippen LogP contribution in [0.1, 0.15) is 32.3 Å². The standard InChI is InChI=1S/C16H21NO4/c1-3-9-17-13-8-6-5-7-11(13)15(19)12(16(17)20)10-14(18)21-4-2/h5-8,16,19-20H,3-4,9-10H2,1-2H3. The molecule has 0 bridgehead atoms. The van der Waals surface area contributed by atoms with Crippen molar-refractivity contribution >= 4 is 17.4 Å².